The van der Waals surface area contributed by atoms with Crippen LogP contribution in [-0.4, -0.2) is 52.5 Å². The Kier molecular flexibility index (Phi) is 7.07. The van der Waals surface area contributed by atoms with Gasteiger partial charge in [0.2, 0.25) is 16.8 Å². The molecule has 3 rings (SSSR count). The van der Waals surface area contributed by atoms with Crippen molar-refractivity contribution in [3.05, 3.63) is 40.3 Å². The van der Waals surface area contributed by atoms with Crippen molar-refractivity contribution in [2.24, 2.45) is 0 Å². The molecular weight excluding hydrogens is 378 g/mol. The lowest BCUT2D eigenvalue weighted by Crippen LogP contribution is -2.30. The minimum Gasteiger partial charge on any atom is -0.356 e. The van der Waals surface area contributed by atoms with Gasteiger partial charge in [-0.3, -0.25) is 14.4 Å². The van der Waals surface area contributed by atoms with Gasteiger partial charge in [0.05, 0.1) is 0 Å². The molecule has 0 spiro atoms. The van der Waals surface area contributed by atoms with E-state index >= 15 is 0 Å². The number of carbonyl (C=O) groups is 3. The molecule has 1 aromatic heterocycles. The van der Waals surface area contributed by atoms with Crippen molar-refractivity contribution in [3.8, 4) is 0 Å². The second-order valence-corrected chi connectivity index (χ2v) is 7.57. The number of amides is 3. The van der Waals surface area contributed by atoms with E-state index in [0.29, 0.717) is 36.6 Å². The van der Waals surface area contributed by atoms with E-state index in [1.807, 2.05) is 23.1 Å². The van der Waals surface area contributed by atoms with Gasteiger partial charge in [-0.25, -0.2) is 0 Å². The van der Waals surface area contributed by atoms with Gasteiger partial charge in [-0.15, -0.1) is 10.2 Å². The van der Waals surface area contributed by atoms with E-state index in [2.05, 4.69) is 20.8 Å². The molecule has 0 bridgehead atoms. The number of para-hydroxylation sites is 1. The molecule has 1 fully saturated rings. The predicted octanol–water partition coefficient (Wildman–Crippen LogP) is 1.85. The van der Waals surface area contributed by atoms with Gasteiger partial charge in [-0.2, -0.15) is 0 Å². The quantitative estimate of drug-likeness (QED) is 0.624. The minimum absolute atomic E-state index is 0.0711. The van der Waals surface area contributed by atoms with E-state index in [-0.39, 0.29) is 29.1 Å². The van der Waals surface area contributed by atoms with Gasteiger partial charge in [0.25, 0.3) is 5.91 Å². The fourth-order valence-corrected chi connectivity index (χ4v) is 3.63. The predicted molar refractivity (Wildman–Crippen MR) is 106 cm³/mol. The van der Waals surface area contributed by atoms with Crippen LogP contribution in [0.3, 0.4) is 0 Å². The minimum atomic E-state index is -0.309. The van der Waals surface area contributed by atoms with Gasteiger partial charge in [0, 0.05) is 44.6 Å². The Balaban J connectivity index is 1.35. The summed E-state index contributed by atoms with van der Waals surface area (Å²) in [7, 11) is 0. The Labute approximate surface area is 167 Å². The smallest absolute Gasteiger partial charge is 0.286 e. The number of aromatic nitrogens is 2. The zero-order valence-corrected chi connectivity index (χ0v) is 16.3. The summed E-state index contributed by atoms with van der Waals surface area (Å²) in [5.41, 5.74) is 0.694. The monoisotopic (exact) mass is 401 g/mol. The van der Waals surface area contributed by atoms with E-state index < -0.39 is 0 Å². The van der Waals surface area contributed by atoms with Gasteiger partial charge in [0.1, 0.15) is 5.01 Å². The molecular formula is C19H23N5O3S. The van der Waals surface area contributed by atoms with Gasteiger partial charge in [0.15, 0.2) is 0 Å². The highest BCUT2D eigenvalue weighted by atomic mass is 32.1. The fourth-order valence-electron chi connectivity index (χ4n) is 2.90. The summed E-state index contributed by atoms with van der Waals surface area (Å²) in [6.45, 7) is 2.06. The first-order valence-electron chi connectivity index (χ1n) is 9.35. The maximum atomic E-state index is 12.2. The number of nitrogens with zero attached hydrogens (tertiary/aromatic N) is 3. The number of likely N-dealkylation sites (tertiary alicyclic amines) is 1. The Bertz CT molecular complexity index is 824. The number of nitrogens with one attached hydrogen (secondary N) is 2. The lowest BCUT2D eigenvalue weighted by atomic mass is 10.3. The highest BCUT2D eigenvalue weighted by Gasteiger charge is 2.19. The molecule has 0 atom stereocenters. The van der Waals surface area contributed by atoms with Crippen LogP contribution in [0.25, 0.3) is 0 Å². The summed E-state index contributed by atoms with van der Waals surface area (Å²) in [5.74, 6) is -0.177. The van der Waals surface area contributed by atoms with Crippen LogP contribution < -0.4 is 10.6 Å². The lowest BCUT2D eigenvalue weighted by Gasteiger charge is -2.15. The molecule has 0 saturated carbocycles. The highest BCUT2D eigenvalue weighted by molar-refractivity contribution is 7.13. The van der Waals surface area contributed by atoms with Crippen LogP contribution in [0.5, 0.6) is 0 Å². The molecule has 28 heavy (non-hydrogen) atoms. The summed E-state index contributed by atoms with van der Waals surface area (Å²) in [5, 5.41) is 14.4. The van der Waals surface area contributed by atoms with Crippen molar-refractivity contribution >= 4 is 34.7 Å². The molecule has 0 radical (unpaired) electrons. The Morgan fingerprint density at radius 3 is 2.75 bits per heavy atom. The average molecular weight is 401 g/mol. The van der Waals surface area contributed by atoms with Crippen LogP contribution in [0.1, 0.15) is 40.5 Å². The number of aryl methyl sites for hydroxylation is 1. The van der Waals surface area contributed by atoms with Crippen LogP contribution in [0.2, 0.25) is 0 Å². The summed E-state index contributed by atoms with van der Waals surface area (Å²) < 4.78 is 0. The maximum Gasteiger partial charge on any atom is 0.286 e. The molecule has 8 nitrogen and oxygen atoms in total. The third kappa shape index (κ3) is 5.85. The number of hydrogen-bond donors (Lipinski definition) is 2. The molecule has 2 N–H and O–H groups in total. The second-order valence-electron chi connectivity index (χ2n) is 6.51. The van der Waals surface area contributed by atoms with Crippen LogP contribution in [0.15, 0.2) is 30.3 Å². The normalized spacial score (nSPS) is 13.6. The first kappa shape index (κ1) is 19.9. The van der Waals surface area contributed by atoms with Crippen LogP contribution in [0, 0.1) is 0 Å². The molecule has 148 valence electrons. The molecule has 1 saturated heterocycles. The SMILES string of the molecule is O=C(CCc1nnc(C(=O)Nc2ccccc2)s1)NCCCN1CCCC1=O. The van der Waals surface area contributed by atoms with Crippen LogP contribution in [-0.2, 0) is 16.0 Å². The Morgan fingerprint density at radius 1 is 1.18 bits per heavy atom. The van der Waals surface area contributed by atoms with Crippen molar-refractivity contribution in [2.45, 2.75) is 32.1 Å². The number of rotatable bonds is 9. The van der Waals surface area contributed by atoms with E-state index in [1.54, 1.807) is 12.1 Å². The highest BCUT2D eigenvalue weighted by Crippen LogP contribution is 2.14. The van der Waals surface area contributed by atoms with Crippen molar-refractivity contribution in [1.29, 1.82) is 0 Å². The maximum absolute atomic E-state index is 12.2. The zero-order valence-electron chi connectivity index (χ0n) is 15.5. The van der Waals surface area contributed by atoms with Crippen LogP contribution in [0.4, 0.5) is 5.69 Å². The molecule has 0 aliphatic carbocycles. The van der Waals surface area contributed by atoms with E-state index in [0.717, 1.165) is 19.4 Å². The number of carbonyl (C=O) groups excluding carboxylic acids is 3. The molecule has 2 heterocycles. The molecule has 3 amide bonds. The number of benzene rings is 1. The third-order valence-corrected chi connectivity index (χ3v) is 5.34. The molecule has 1 aromatic carbocycles. The zero-order chi connectivity index (χ0) is 19.8. The largest absolute Gasteiger partial charge is 0.356 e. The van der Waals surface area contributed by atoms with Crippen molar-refractivity contribution in [3.63, 3.8) is 0 Å². The fraction of sp³-hybridized carbons (Fsp3) is 0.421. The topological polar surface area (TPSA) is 104 Å². The van der Waals surface area contributed by atoms with Gasteiger partial charge >= 0.3 is 0 Å². The molecule has 9 heteroatoms. The summed E-state index contributed by atoms with van der Waals surface area (Å²) in [6.07, 6.45) is 3.04. The summed E-state index contributed by atoms with van der Waals surface area (Å²) >= 11 is 1.19. The number of anilines is 1. The summed E-state index contributed by atoms with van der Waals surface area (Å²) in [6, 6.07) is 9.13. The van der Waals surface area contributed by atoms with E-state index in [4.69, 9.17) is 0 Å². The molecule has 1 aliphatic rings. The van der Waals surface area contributed by atoms with Gasteiger partial charge < -0.3 is 15.5 Å². The standard InChI is InChI=1S/C19H23N5O3S/c25-15(20-11-5-13-24-12-4-8-17(24)26)9-10-16-22-23-19(28-16)18(27)21-14-6-2-1-3-7-14/h1-3,6-7H,4-5,8-13H2,(H,20,25)(H,21,27). The Morgan fingerprint density at radius 2 is 2.00 bits per heavy atom. The van der Waals surface area contributed by atoms with E-state index in [9.17, 15) is 14.4 Å². The van der Waals surface area contributed by atoms with E-state index in [1.165, 1.54) is 11.3 Å². The summed E-state index contributed by atoms with van der Waals surface area (Å²) in [4.78, 5) is 37.5. The van der Waals surface area contributed by atoms with Crippen molar-refractivity contribution in [2.75, 3.05) is 25.0 Å². The molecule has 1 aliphatic heterocycles. The average Bonchev–Trinajstić information content (AvgIpc) is 3.33. The Hall–Kier alpha value is -2.81. The third-order valence-electron chi connectivity index (χ3n) is 4.36. The van der Waals surface area contributed by atoms with Crippen molar-refractivity contribution < 1.29 is 14.4 Å². The van der Waals surface area contributed by atoms with Gasteiger partial charge in [-0.05, 0) is 25.0 Å². The molecule has 0 unspecified atom stereocenters. The molecule has 2 aromatic rings. The van der Waals surface area contributed by atoms with Crippen LogP contribution >= 0.6 is 11.3 Å². The first-order valence-corrected chi connectivity index (χ1v) is 10.2. The van der Waals surface area contributed by atoms with Gasteiger partial charge in [-0.1, -0.05) is 29.5 Å². The first-order chi connectivity index (χ1) is 13.6. The number of hydrogen-bond acceptors (Lipinski definition) is 6. The second kappa shape index (κ2) is 9.93. The lowest BCUT2D eigenvalue weighted by molar-refractivity contribution is -0.127. The van der Waals surface area contributed by atoms with Crippen molar-refractivity contribution in [1.82, 2.24) is 20.4 Å².